The summed E-state index contributed by atoms with van der Waals surface area (Å²) in [6.45, 7) is 0. The van der Waals surface area contributed by atoms with Gasteiger partial charge in [-0.2, -0.15) is 0 Å². The number of nitrogens with zero attached hydrogens (tertiary/aromatic N) is 5. The Labute approximate surface area is 212 Å². The van der Waals surface area contributed by atoms with Crippen molar-refractivity contribution in [2.24, 2.45) is 0 Å². The number of carbonyl (C=O) groups excluding carboxylic acids is 1. The lowest BCUT2D eigenvalue weighted by molar-refractivity contribution is 0.102. The van der Waals surface area contributed by atoms with Gasteiger partial charge in [0.15, 0.2) is 11.5 Å². The predicted molar refractivity (Wildman–Crippen MR) is 142 cm³/mol. The number of methoxy groups -OCH3 is 1. The molecule has 0 unspecified atom stereocenters. The van der Waals surface area contributed by atoms with Crippen molar-refractivity contribution < 1.29 is 9.53 Å². The summed E-state index contributed by atoms with van der Waals surface area (Å²) in [4.78, 5) is 26.9. The number of anilines is 1. The Morgan fingerprint density at radius 2 is 1.68 bits per heavy atom. The number of imidazole rings is 2. The van der Waals surface area contributed by atoms with Crippen LogP contribution < -0.4 is 10.1 Å². The average Bonchev–Trinajstić information content (AvgIpc) is 3.63. The third kappa shape index (κ3) is 4.32. The molecule has 3 aromatic carbocycles. The van der Waals surface area contributed by atoms with Crippen molar-refractivity contribution in [1.82, 2.24) is 23.9 Å². The van der Waals surface area contributed by atoms with E-state index in [9.17, 15) is 4.79 Å². The maximum Gasteiger partial charge on any atom is 0.255 e. The Bertz CT molecular complexity index is 1720. The molecule has 0 aliphatic carbocycles. The monoisotopic (exact) mass is 486 g/mol. The standard InChI is InChI=1S/C29H22N6O2/c1-37-24-12-6-10-22(18-24)29(36)32-23-11-5-9-21(17-23)25-19-34-15-13-31-27(34)28(33-25)35-16-14-30-26(35)20-7-3-2-4-8-20/h2-19H,1H3,(H,32,36). The van der Waals surface area contributed by atoms with Gasteiger partial charge < -0.3 is 14.5 Å². The molecule has 8 heteroatoms. The van der Waals surface area contributed by atoms with Gasteiger partial charge in [-0.25, -0.2) is 15.0 Å². The Morgan fingerprint density at radius 3 is 2.54 bits per heavy atom. The third-order valence-corrected chi connectivity index (χ3v) is 6.01. The van der Waals surface area contributed by atoms with E-state index < -0.39 is 0 Å². The number of carbonyl (C=O) groups is 1. The predicted octanol–water partition coefficient (Wildman–Crippen LogP) is 5.51. The van der Waals surface area contributed by atoms with Crippen LogP contribution in [0.15, 0.2) is 110 Å². The van der Waals surface area contributed by atoms with Gasteiger partial charge in [-0.05, 0) is 30.3 Å². The van der Waals surface area contributed by atoms with E-state index >= 15 is 0 Å². The van der Waals surface area contributed by atoms with Crippen LogP contribution in [0.3, 0.4) is 0 Å². The molecule has 0 radical (unpaired) electrons. The molecule has 0 atom stereocenters. The Hall–Kier alpha value is -5.24. The molecular formula is C29H22N6O2. The number of hydrogen-bond donors (Lipinski definition) is 1. The van der Waals surface area contributed by atoms with Crippen molar-refractivity contribution in [3.8, 4) is 34.2 Å². The zero-order valence-electron chi connectivity index (χ0n) is 19.9. The van der Waals surface area contributed by atoms with Gasteiger partial charge in [0.1, 0.15) is 11.6 Å². The molecule has 3 aromatic heterocycles. The zero-order chi connectivity index (χ0) is 25.2. The highest BCUT2D eigenvalue weighted by Gasteiger charge is 2.16. The average molecular weight is 487 g/mol. The summed E-state index contributed by atoms with van der Waals surface area (Å²) in [5.74, 6) is 1.83. The number of hydrogen-bond acceptors (Lipinski definition) is 5. The van der Waals surface area contributed by atoms with E-state index in [1.54, 1.807) is 43.8 Å². The minimum Gasteiger partial charge on any atom is -0.497 e. The maximum absolute atomic E-state index is 12.8. The fraction of sp³-hybridized carbons (Fsp3) is 0.0345. The van der Waals surface area contributed by atoms with Gasteiger partial charge in [0, 0.05) is 53.4 Å². The SMILES string of the molecule is COc1cccc(C(=O)Nc2cccc(-c3cn4ccnc4c(-n4ccnc4-c4ccccc4)n3)c2)c1. The van der Waals surface area contributed by atoms with Crippen molar-refractivity contribution in [3.05, 3.63) is 115 Å². The molecule has 0 spiro atoms. The van der Waals surface area contributed by atoms with E-state index in [-0.39, 0.29) is 5.91 Å². The largest absolute Gasteiger partial charge is 0.497 e. The van der Waals surface area contributed by atoms with E-state index in [2.05, 4.69) is 15.3 Å². The van der Waals surface area contributed by atoms with E-state index in [0.717, 1.165) is 22.6 Å². The van der Waals surface area contributed by atoms with Crippen LogP contribution in [0.2, 0.25) is 0 Å². The van der Waals surface area contributed by atoms with Gasteiger partial charge in [-0.3, -0.25) is 9.36 Å². The molecule has 0 bridgehead atoms. The number of rotatable bonds is 6. The summed E-state index contributed by atoms with van der Waals surface area (Å²) < 4.78 is 9.12. The van der Waals surface area contributed by atoms with E-state index in [1.165, 1.54) is 0 Å². The summed E-state index contributed by atoms with van der Waals surface area (Å²) in [5.41, 5.74) is 4.44. The van der Waals surface area contributed by atoms with Crippen LogP contribution in [0.4, 0.5) is 5.69 Å². The summed E-state index contributed by atoms with van der Waals surface area (Å²) in [6, 6.07) is 24.6. The minimum atomic E-state index is -0.222. The molecule has 1 N–H and O–H groups in total. The van der Waals surface area contributed by atoms with Gasteiger partial charge in [0.25, 0.3) is 5.91 Å². The van der Waals surface area contributed by atoms with Crippen LogP contribution in [-0.2, 0) is 0 Å². The Kier molecular flexibility index (Phi) is 5.67. The second-order valence-electron chi connectivity index (χ2n) is 8.36. The first-order valence-electron chi connectivity index (χ1n) is 11.7. The van der Waals surface area contributed by atoms with Crippen molar-refractivity contribution in [2.45, 2.75) is 0 Å². The van der Waals surface area contributed by atoms with Crippen LogP contribution in [0.5, 0.6) is 5.75 Å². The summed E-state index contributed by atoms with van der Waals surface area (Å²) >= 11 is 0. The lowest BCUT2D eigenvalue weighted by atomic mass is 10.1. The molecule has 6 rings (SSSR count). The topological polar surface area (TPSA) is 86.3 Å². The molecule has 0 fully saturated rings. The number of benzene rings is 3. The number of fused-ring (bicyclic) bond motifs is 1. The molecule has 0 aliphatic heterocycles. The number of amides is 1. The fourth-order valence-corrected chi connectivity index (χ4v) is 4.21. The molecule has 0 aliphatic rings. The van der Waals surface area contributed by atoms with Crippen LogP contribution >= 0.6 is 0 Å². The first kappa shape index (κ1) is 22.2. The van der Waals surface area contributed by atoms with Gasteiger partial charge in [-0.15, -0.1) is 0 Å². The molecule has 6 aromatic rings. The van der Waals surface area contributed by atoms with Gasteiger partial charge in [0.2, 0.25) is 0 Å². The summed E-state index contributed by atoms with van der Waals surface area (Å²) in [7, 11) is 1.57. The fourth-order valence-electron chi connectivity index (χ4n) is 4.21. The minimum absolute atomic E-state index is 0.222. The smallest absolute Gasteiger partial charge is 0.255 e. The van der Waals surface area contributed by atoms with E-state index in [1.807, 2.05) is 82.2 Å². The van der Waals surface area contributed by atoms with Crippen molar-refractivity contribution in [2.75, 3.05) is 12.4 Å². The summed E-state index contributed by atoms with van der Waals surface area (Å²) in [5, 5.41) is 2.97. The van der Waals surface area contributed by atoms with Gasteiger partial charge in [-0.1, -0.05) is 48.5 Å². The molecule has 3 heterocycles. The highest BCUT2D eigenvalue weighted by molar-refractivity contribution is 6.04. The number of aromatic nitrogens is 5. The highest BCUT2D eigenvalue weighted by atomic mass is 16.5. The highest BCUT2D eigenvalue weighted by Crippen LogP contribution is 2.27. The van der Waals surface area contributed by atoms with Gasteiger partial charge in [0.05, 0.1) is 12.8 Å². The van der Waals surface area contributed by atoms with Crippen molar-refractivity contribution >= 4 is 17.2 Å². The normalized spacial score (nSPS) is 10.9. The van der Waals surface area contributed by atoms with E-state index in [4.69, 9.17) is 9.72 Å². The molecule has 0 saturated heterocycles. The molecular weight excluding hydrogens is 464 g/mol. The molecule has 37 heavy (non-hydrogen) atoms. The quantitative estimate of drug-likeness (QED) is 0.336. The first-order valence-corrected chi connectivity index (χ1v) is 11.7. The first-order chi connectivity index (χ1) is 18.2. The zero-order valence-corrected chi connectivity index (χ0v) is 19.9. The van der Waals surface area contributed by atoms with Gasteiger partial charge >= 0.3 is 0 Å². The third-order valence-electron chi connectivity index (χ3n) is 6.01. The Balaban J connectivity index is 1.38. The second-order valence-corrected chi connectivity index (χ2v) is 8.36. The second kappa shape index (κ2) is 9.43. The van der Waals surface area contributed by atoms with Crippen molar-refractivity contribution in [1.29, 1.82) is 0 Å². The lowest BCUT2D eigenvalue weighted by Gasteiger charge is -2.12. The molecule has 8 nitrogen and oxygen atoms in total. The molecule has 1 amide bonds. The van der Waals surface area contributed by atoms with E-state index in [0.29, 0.717) is 28.5 Å². The molecule has 0 saturated carbocycles. The van der Waals surface area contributed by atoms with Crippen LogP contribution in [0.1, 0.15) is 10.4 Å². The summed E-state index contributed by atoms with van der Waals surface area (Å²) in [6.07, 6.45) is 9.19. The lowest BCUT2D eigenvalue weighted by Crippen LogP contribution is -2.12. The molecule has 180 valence electrons. The number of ether oxygens (including phenoxy) is 1. The van der Waals surface area contributed by atoms with Crippen molar-refractivity contribution in [3.63, 3.8) is 0 Å². The Morgan fingerprint density at radius 1 is 0.865 bits per heavy atom. The maximum atomic E-state index is 12.8. The van der Waals surface area contributed by atoms with Crippen LogP contribution in [0, 0.1) is 0 Å². The number of nitrogens with one attached hydrogen (secondary N) is 1. The van der Waals surface area contributed by atoms with Crippen LogP contribution in [0.25, 0.3) is 34.1 Å². The van der Waals surface area contributed by atoms with Crippen LogP contribution in [-0.4, -0.2) is 36.9 Å².